The monoisotopic (exact) mass is 314 g/mol. The number of nitrogen functional groups attached to an aromatic ring is 1. The number of hydrogen-bond donors (Lipinski definition) is 2. The van der Waals surface area contributed by atoms with Gasteiger partial charge in [0.05, 0.1) is 5.69 Å². The van der Waals surface area contributed by atoms with E-state index >= 15 is 0 Å². The predicted octanol–water partition coefficient (Wildman–Crippen LogP) is 2.63. The van der Waals surface area contributed by atoms with Crippen molar-refractivity contribution in [1.82, 2.24) is 5.32 Å². The van der Waals surface area contributed by atoms with Gasteiger partial charge in [-0.15, -0.1) is 0 Å². The van der Waals surface area contributed by atoms with E-state index in [2.05, 4.69) is 21.2 Å². The quantitative estimate of drug-likeness (QED) is 0.821. The summed E-state index contributed by atoms with van der Waals surface area (Å²) in [5, 5.41) is 2.79. The van der Waals surface area contributed by atoms with Crippen molar-refractivity contribution in [2.45, 2.75) is 33.3 Å². The van der Waals surface area contributed by atoms with Crippen LogP contribution < -0.4 is 15.8 Å². The van der Waals surface area contributed by atoms with Crippen LogP contribution in [0.25, 0.3) is 0 Å². The van der Waals surface area contributed by atoms with Gasteiger partial charge in [0.2, 0.25) is 0 Å². The summed E-state index contributed by atoms with van der Waals surface area (Å²) in [6.07, 6.45) is 0.344. The van der Waals surface area contributed by atoms with Crippen molar-refractivity contribution >= 4 is 27.5 Å². The Kier molecular flexibility index (Phi) is 5.47. The number of anilines is 1. The molecule has 1 aromatic carbocycles. The lowest BCUT2D eigenvalue weighted by molar-refractivity contribution is -0.127. The predicted molar refractivity (Wildman–Crippen MR) is 76.7 cm³/mol. The van der Waals surface area contributed by atoms with Gasteiger partial charge < -0.3 is 15.8 Å². The van der Waals surface area contributed by atoms with Gasteiger partial charge in [0.15, 0.2) is 6.10 Å². The molecule has 0 radical (unpaired) electrons. The van der Waals surface area contributed by atoms with Crippen molar-refractivity contribution in [3.05, 3.63) is 22.2 Å². The third-order valence-electron chi connectivity index (χ3n) is 2.48. The molecule has 18 heavy (non-hydrogen) atoms. The lowest BCUT2D eigenvalue weighted by atomic mass is 10.2. The maximum Gasteiger partial charge on any atom is 0.260 e. The zero-order valence-electron chi connectivity index (χ0n) is 10.9. The summed E-state index contributed by atoms with van der Waals surface area (Å²) in [6, 6.07) is 3.67. The molecule has 0 aromatic heterocycles. The van der Waals surface area contributed by atoms with Crippen LogP contribution in [-0.2, 0) is 4.79 Å². The third kappa shape index (κ3) is 3.91. The molecule has 0 bridgehead atoms. The number of ether oxygens (including phenoxy) is 1. The van der Waals surface area contributed by atoms with Crippen LogP contribution in [0.15, 0.2) is 16.6 Å². The molecule has 0 saturated carbocycles. The van der Waals surface area contributed by atoms with Crippen LogP contribution in [0.4, 0.5) is 5.69 Å². The summed E-state index contributed by atoms with van der Waals surface area (Å²) >= 11 is 3.36. The fourth-order valence-corrected chi connectivity index (χ4v) is 2.13. The second-order valence-electron chi connectivity index (χ2n) is 4.19. The second kappa shape index (κ2) is 6.64. The molecule has 1 amide bonds. The van der Waals surface area contributed by atoms with Crippen molar-refractivity contribution in [2.75, 3.05) is 12.3 Å². The molecule has 0 fully saturated rings. The van der Waals surface area contributed by atoms with Gasteiger partial charge in [0.25, 0.3) is 5.91 Å². The normalized spacial score (nSPS) is 12.0. The molecule has 4 nitrogen and oxygen atoms in total. The largest absolute Gasteiger partial charge is 0.478 e. The number of rotatable bonds is 5. The summed E-state index contributed by atoms with van der Waals surface area (Å²) in [5.41, 5.74) is 7.31. The Morgan fingerprint density at radius 2 is 2.22 bits per heavy atom. The standard InChI is InChI=1S/C13H19BrN2O2/c1-4-5-16-13(17)9(3)18-12-8(2)6-10(14)7-11(12)15/h6-7,9H,4-5,15H2,1-3H3,(H,16,17). The Morgan fingerprint density at radius 1 is 1.56 bits per heavy atom. The van der Waals surface area contributed by atoms with Crippen molar-refractivity contribution in [2.24, 2.45) is 0 Å². The van der Waals surface area contributed by atoms with Gasteiger partial charge in [0.1, 0.15) is 5.75 Å². The highest BCUT2D eigenvalue weighted by atomic mass is 79.9. The van der Waals surface area contributed by atoms with Gasteiger partial charge in [-0.3, -0.25) is 4.79 Å². The molecule has 1 atom stereocenters. The highest BCUT2D eigenvalue weighted by molar-refractivity contribution is 9.10. The number of carbonyl (C=O) groups excluding carboxylic acids is 1. The van der Waals surface area contributed by atoms with Crippen LogP contribution in [0.3, 0.4) is 0 Å². The average Bonchev–Trinajstić information content (AvgIpc) is 2.30. The number of carbonyl (C=O) groups is 1. The van der Waals surface area contributed by atoms with E-state index in [4.69, 9.17) is 10.5 Å². The summed E-state index contributed by atoms with van der Waals surface area (Å²) in [7, 11) is 0. The number of benzene rings is 1. The number of amides is 1. The first kappa shape index (κ1) is 14.8. The van der Waals surface area contributed by atoms with E-state index in [1.807, 2.05) is 19.9 Å². The van der Waals surface area contributed by atoms with Crippen molar-refractivity contribution in [3.63, 3.8) is 0 Å². The van der Waals surface area contributed by atoms with Crippen molar-refractivity contribution in [1.29, 1.82) is 0 Å². The molecule has 0 heterocycles. The molecule has 0 aliphatic rings. The van der Waals surface area contributed by atoms with E-state index in [1.165, 1.54) is 0 Å². The van der Waals surface area contributed by atoms with Crippen molar-refractivity contribution in [3.8, 4) is 5.75 Å². The molecular weight excluding hydrogens is 296 g/mol. The van der Waals surface area contributed by atoms with E-state index in [0.717, 1.165) is 16.5 Å². The Bertz CT molecular complexity index is 412. The second-order valence-corrected chi connectivity index (χ2v) is 5.11. The number of nitrogens with one attached hydrogen (secondary N) is 1. The zero-order valence-corrected chi connectivity index (χ0v) is 12.5. The van der Waals surface area contributed by atoms with Crippen LogP contribution in [0.5, 0.6) is 5.75 Å². The van der Waals surface area contributed by atoms with Gasteiger partial charge in [-0.1, -0.05) is 22.9 Å². The third-order valence-corrected chi connectivity index (χ3v) is 2.94. The first-order chi connectivity index (χ1) is 8.45. The average molecular weight is 315 g/mol. The molecule has 1 unspecified atom stereocenters. The lowest BCUT2D eigenvalue weighted by Crippen LogP contribution is -2.36. The minimum absolute atomic E-state index is 0.126. The Balaban J connectivity index is 2.75. The summed E-state index contributed by atoms with van der Waals surface area (Å²) in [5.74, 6) is 0.441. The molecular formula is C13H19BrN2O2. The summed E-state index contributed by atoms with van der Waals surface area (Å²) in [4.78, 5) is 11.7. The Labute approximate surface area is 116 Å². The van der Waals surface area contributed by atoms with Crippen LogP contribution in [-0.4, -0.2) is 18.6 Å². The minimum atomic E-state index is -0.557. The van der Waals surface area contributed by atoms with E-state index in [0.29, 0.717) is 18.0 Å². The molecule has 3 N–H and O–H groups in total. The Morgan fingerprint density at radius 3 is 2.78 bits per heavy atom. The van der Waals surface area contributed by atoms with Gasteiger partial charge in [-0.05, 0) is 38.0 Å². The van der Waals surface area contributed by atoms with Gasteiger partial charge in [0, 0.05) is 11.0 Å². The number of nitrogens with two attached hydrogens (primary N) is 1. The molecule has 0 spiro atoms. The van der Waals surface area contributed by atoms with Crippen LogP contribution in [0, 0.1) is 6.92 Å². The van der Waals surface area contributed by atoms with E-state index in [-0.39, 0.29) is 5.91 Å². The summed E-state index contributed by atoms with van der Waals surface area (Å²) in [6.45, 7) is 6.27. The number of halogens is 1. The molecule has 5 heteroatoms. The fourth-order valence-electron chi connectivity index (χ4n) is 1.54. The van der Waals surface area contributed by atoms with Gasteiger partial charge >= 0.3 is 0 Å². The molecule has 1 rings (SSSR count). The van der Waals surface area contributed by atoms with E-state index < -0.39 is 6.10 Å². The lowest BCUT2D eigenvalue weighted by Gasteiger charge is -2.17. The number of hydrogen-bond acceptors (Lipinski definition) is 3. The SMILES string of the molecule is CCCNC(=O)C(C)Oc1c(C)cc(Br)cc1N. The topological polar surface area (TPSA) is 64.3 Å². The zero-order chi connectivity index (χ0) is 13.7. The molecule has 0 aliphatic carbocycles. The maximum absolute atomic E-state index is 11.7. The Hall–Kier alpha value is -1.23. The molecule has 0 saturated heterocycles. The number of aryl methyl sites for hydroxylation is 1. The van der Waals surface area contributed by atoms with Gasteiger partial charge in [-0.25, -0.2) is 0 Å². The first-order valence-electron chi connectivity index (χ1n) is 5.95. The highest BCUT2D eigenvalue weighted by Gasteiger charge is 2.16. The first-order valence-corrected chi connectivity index (χ1v) is 6.75. The van der Waals surface area contributed by atoms with Crippen LogP contribution in [0.2, 0.25) is 0 Å². The molecule has 0 aliphatic heterocycles. The summed E-state index contributed by atoms with van der Waals surface area (Å²) < 4.78 is 6.53. The van der Waals surface area contributed by atoms with Crippen LogP contribution >= 0.6 is 15.9 Å². The van der Waals surface area contributed by atoms with E-state index in [1.54, 1.807) is 13.0 Å². The van der Waals surface area contributed by atoms with Crippen LogP contribution in [0.1, 0.15) is 25.8 Å². The molecule has 100 valence electrons. The molecule has 1 aromatic rings. The fraction of sp³-hybridized carbons (Fsp3) is 0.462. The highest BCUT2D eigenvalue weighted by Crippen LogP contribution is 2.30. The smallest absolute Gasteiger partial charge is 0.260 e. The van der Waals surface area contributed by atoms with E-state index in [9.17, 15) is 4.79 Å². The maximum atomic E-state index is 11.7. The van der Waals surface area contributed by atoms with Crippen molar-refractivity contribution < 1.29 is 9.53 Å². The minimum Gasteiger partial charge on any atom is -0.478 e. The van der Waals surface area contributed by atoms with Gasteiger partial charge in [-0.2, -0.15) is 0 Å².